The monoisotopic (exact) mass is 197 g/mol. The molecule has 3 nitrogen and oxygen atoms in total. The third-order valence-electron chi connectivity index (χ3n) is 2.04. The number of rotatable bonds is 1. The number of aliphatic imine (C=N–C) groups is 1. The lowest BCUT2D eigenvalue weighted by atomic mass is 10.1. The van der Waals surface area contributed by atoms with Gasteiger partial charge in [-0.25, -0.2) is 4.99 Å². The second-order valence-corrected chi connectivity index (χ2v) is 3.12. The van der Waals surface area contributed by atoms with Gasteiger partial charge in [0, 0.05) is 11.8 Å². The van der Waals surface area contributed by atoms with Gasteiger partial charge in [-0.1, -0.05) is 30.3 Å². The topological polar surface area (TPSA) is 48.2 Å². The lowest BCUT2D eigenvalue weighted by Crippen LogP contribution is -2.18. The van der Waals surface area contributed by atoms with Crippen molar-refractivity contribution in [1.29, 1.82) is 5.41 Å². The van der Waals surface area contributed by atoms with E-state index in [0.29, 0.717) is 5.84 Å². The van der Waals surface area contributed by atoms with E-state index < -0.39 is 0 Å². The molecule has 0 radical (unpaired) electrons. The molecular weight excluding hydrogens is 186 g/mol. The number of nitrogens with zero attached hydrogens (tertiary/aromatic N) is 1. The van der Waals surface area contributed by atoms with Crippen LogP contribution < -0.4 is 5.32 Å². The molecule has 0 spiro atoms. The summed E-state index contributed by atoms with van der Waals surface area (Å²) < 4.78 is 0. The molecule has 0 bridgehead atoms. The van der Waals surface area contributed by atoms with E-state index in [0.717, 1.165) is 11.1 Å². The van der Waals surface area contributed by atoms with Crippen LogP contribution in [-0.2, 0) is 0 Å². The molecule has 0 atom stereocenters. The van der Waals surface area contributed by atoms with Crippen LogP contribution in [0.15, 0.2) is 53.7 Å². The van der Waals surface area contributed by atoms with Gasteiger partial charge in [-0.05, 0) is 17.7 Å². The Kier molecular flexibility index (Phi) is 2.74. The fourth-order valence-corrected chi connectivity index (χ4v) is 1.29. The Labute approximate surface area is 88.4 Å². The van der Waals surface area contributed by atoms with Crippen LogP contribution in [0, 0.1) is 5.41 Å². The summed E-state index contributed by atoms with van der Waals surface area (Å²) in [6, 6.07) is 9.98. The molecule has 0 aliphatic carbocycles. The van der Waals surface area contributed by atoms with E-state index in [-0.39, 0.29) is 0 Å². The van der Waals surface area contributed by atoms with Gasteiger partial charge in [0.1, 0.15) is 5.84 Å². The Hall–Kier alpha value is -2.16. The summed E-state index contributed by atoms with van der Waals surface area (Å²) in [7, 11) is 0. The highest BCUT2D eigenvalue weighted by Crippen LogP contribution is 2.15. The van der Waals surface area contributed by atoms with E-state index in [1.165, 1.54) is 6.34 Å². The zero-order chi connectivity index (χ0) is 10.5. The molecule has 0 amide bonds. The van der Waals surface area contributed by atoms with Crippen molar-refractivity contribution in [3.05, 3.63) is 54.2 Å². The van der Waals surface area contributed by atoms with Crippen molar-refractivity contribution in [2.24, 2.45) is 4.99 Å². The zero-order valence-electron chi connectivity index (χ0n) is 8.14. The Morgan fingerprint density at radius 3 is 2.67 bits per heavy atom. The van der Waals surface area contributed by atoms with Crippen molar-refractivity contribution in [1.82, 2.24) is 5.32 Å². The summed E-state index contributed by atoms with van der Waals surface area (Å²) in [6.07, 6.45) is 6.87. The maximum Gasteiger partial charge on any atom is 0.123 e. The quantitative estimate of drug-likeness (QED) is 0.712. The van der Waals surface area contributed by atoms with Crippen molar-refractivity contribution < 1.29 is 0 Å². The van der Waals surface area contributed by atoms with Crippen LogP contribution in [0.3, 0.4) is 0 Å². The van der Waals surface area contributed by atoms with Gasteiger partial charge >= 0.3 is 0 Å². The molecule has 15 heavy (non-hydrogen) atoms. The first-order valence-electron chi connectivity index (χ1n) is 4.67. The lowest BCUT2D eigenvalue weighted by molar-refractivity contribution is 1.32. The van der Waals surface area contributed by atoms with Gasteiger partial charge in [0.2, 0.25) is 0 Å². The van der Waals surface area contributed by atoms with Crippen molar-refractivity contribution in [2.75, 3.05) is 0 Å². The predicted molar refractivity (Wildman–Crippen MR) is 62.9 cm³/mol. The van der Waals surface area contributed by atoms with Gasteiger partial charge in [-0.2, -0.15) is 0 Å². The molecule has 2 rings (SSSR count). The van der Waals surface area contributed by atoms with Crippen LogP contribution in [-0.4, -0.2) is 12.2 Å². The highest BCUT2D eigenvalue weighted by atomic mass is 15.0. The average Bonchev–Trinajstić information content (AvgIpc) is 2.25. The molecule has 0 unspecified atom stereocenters. The van der Waals surface area contributed by atoms with E-state index >= 15 is 0 Å². The molecule has 2 N–H and O–H groups in total. The SMILES string of the molecule is N=C1C=CC(c2ccccc2)=CN=CN1. The number of benzene rings is 1. The first kappa shape index (κ1) is 9.40. The second kappa shape index (κ2) is 4.37. The number of amidine groups is 1. The third kappa shape index (κ3) is 2.40. The normalized spacial score (nSPS) is 15.2. The van der Waals surface area contributed by atoms with Gasteiger partial charge in [-0.15, -0.1) is 0 Å². The van der Waals surface area contributed by atoms with Crippen LogP contribution in [0.5, 0.6) is 0 Å². The smallest absolute Gasteiger partial charge is 0.123 e. The molecule has 1 aromatic rings. The van der Waals surface area contributed by atoms with E-state index in [9.17, 15) is 0 Å². The summed E-state index contributed by atoms with van der Waals surface area (Å²) in [5.74, 6) is 0.334. The Balaban J connectivity index is 2.36. The fourth-order valence-electron chi connectivity index (χ4n) is 1.29. The Morgan fingerprint density at radius 2 is 1.87 bits per heavy atom. The van der Waals surface area contributed by atoms with Gasteiger partial charge in [-0.3, -0.25) is 5.41 Å². The Morgan fingerprint density at radius 1 is 1.07 bits per heavy atom. The van der Waals surface area contributed by atoms with Crippen LogP contribution >= 0.6 is 0 Å². The summed E-state index contributed by atoms with van der Waals surface area (Å²) >= 11 is 0. The first-order chi connectivity index (χ1) is 7.36. The molecule has 1 aliphatic rings. The number of hydrogen-bond donors (Lipinski definition) is 2. The molecule has 1 aromatic carbocycles. The minimum atomic E-state index is 0.334. The summed E-state index contributed by atoms with van der Waals surface area (Å²) in [6.45, 7) is 0. The standard InChI is InChI=1S/C12H11N3/c13-12-7-6-11(8-14-9-15-12)10-4-2-1-3-5-10/h1-9H,(H2,13,14,15). The van der Waals surface area contributed by atoms with Crippen molar-refractivity contribution in [3.8, 4) is 0 Å². The third-order valence-corrected chi connectivity index (χ3v) is 2.04. The molecular formula is C12H11N3. The fraction of sp³-hybridized carbons (Fsp3) is 0. The minimum absolute atomic E-state index is 0.334. The molecule has 3 heteroatoms. The average molecular weight is 197 g/mol. The minimum Gasteiger partial charge on any atom is -0.332 e. The van der Waals surface area contributed by atoms with Gasteiger partial charge < -0.3 is 5.32 Å². The molecule has 1 heterocycles. The lowest BCUT2D eigenvalue weighted by Gasteiger charge is -2.04. The summed E-state index contributed by atoms with van der Waals surface area (Å²) in [4.78, 5) is 4.05. The van der Waals surface area contributed by atoms with Gasteiger partial charge in [0.15, 0.2) is 0 Å². The van der Waals surface area contributed by atoms with Crippen LogP contribution in [0.1, 0.15) is 5.56 Å². The molecule has 0 saturated heterocycles. The van der Waals surface area contributed by atoms with Crippen LogP contribution in [0.4, 0.5) is 0 Å². The van der Waals surface area contributed by atoms with Crippen LogP contribution in [0.2, 0.25) is 0 Å². The van der Waals surface area contributed by atoms with E-state index in [2.05, 4.69) is 10.3 Å². The maximum absolute atomic E-state index is 7.46. The summed E-state index contributed by atoms with van der Waals surface area (Å²) in [5, 5.41) is 10.2. The maximum atomic E-state index is 7.46. The van der Waals surface area contributed by atoms with Crippen molar-refractivity contribution in [2.45, 2.75) is 0 Å². The number of allylic oxidation sites excluding steroid dienone is 2. The van der Waals surface area contributed by atoms with Crippen LogP contribution in [0.25, 0.3) is 5.57 Å². The molecule has 0 aromatic heterocycles. The van der Waals surface area contributed by atoms with E-state index in [1.54, 1.807) is 12.3 Å². The van der Waals surface area contributed by atoms with E-state index in [4.69, 9.17) is 5.41 Å². The highest BCUT2D eigenvalue weighted by molar-refractivity contribution is 6.00. The molecule has 0 fully saturated rings. The molecule has 0 saturated carbocycles. The van der Waals surface area contributed by atoms with Crippen molar-refractivity contribution >= 4 is 17.7 Å². The largest absolute Gasteiger partial charge is 0.332 e. The van der Waals surface area contributed by atoms with E-state index in [1.807, 2.05) is 36.4 Å². The molecule has 74 valence electrons. The predicted octanol–water partition coefficient (Wildman–Crippen LogP) is 2.19. The summed E-state index contributed by atoms with van der Waals surface area (Å²) in [5.41, 5.74) is 2.10. The highest BCUT2D eigenvalue weighted by Gasteiger charge is 1.98. The van der Waals surface area contributed by atoms with Crippen molar-refractivity contribution in [3.63, 3.8) is 0 Å². The second-order valence-electron chi connectivity index (χ2n) is 3.12. The number of hydrogen-bond acceptors (Lipinski definition) is 2. The zero-order valence-corrected chi connectivity index (χ0v) is 8.14. The Bertz CT molecular complexity index is 441. The van der Waals surface area contributed by atoms with Gasteiger partial charge in [0.05, 0.1) is 6.34 Å². The molecule has 1 aliphatic heterocycles. The van der Waals surface area contributed by atoms with Gasteiger partial charge in [0.25, 0.3) is 0 Å². The number of nitrogens with one attached hydrogen (secondary N) is 2. The first-order valence-corrected chi connectivity index (χ1v) is 4.67.